The summed E-state index contributed by atoms with van der Waals surface area (Å²) in [4.78, 5) is 19.2. The van der Waals surface area contributed by atoms with Gasteiger partial charge in [-0.25, -0.2) is 0 Å². The van der Waals surface area contributed by atoms with E-state index in [0.29, 0.717) is 11.8 Å². The smallest absolute Gasteiger partial charge is 0.293 e. The predicted molar refractivity (Wildman–Crippen MR) is 129 cm³/mol. The third-order valence-electron chi connectivity index (χ3n) is 6.00. The van der Waals surface area contributed by atoms with E-state index >= 15 is 0 Å². The summed E-state index contributed by atoms with van der Waals surface area (Å²) in [5.74, 6) is 6.61. The lowest BCUT2D eigenvalue weighted by Gasteiger charge is -2.23. The van der Waals surface area contributed by atoms with Crippen molar-refractivity contribution >= 4 is 17.3 Å². The number of rotatable bonds is 4. The van der Waals surface area contributed by atoms with Gasteiger partial charge in [0.25, 0.3) is 5.91 Å². The first-order valence-electron chi connectivity index (χ1n) is 10.9. The van der Waals surface area contributed by atoms with E-state index in [9.17, 15) is 4.79 Å². The normalized spacial score (nSPS) is 15.5. The van der Waals surface area contributed by atoms with Gasteiger partial charge >= 0.3 is 0 Å². The zero-order valence-corrected chi connectivity index (χ0v) is 19.1. The highest BCUT2D eigenvalue weighted by atomic mass is 16.3. The molecule has 1 saturated heterocycles. The summed E-state index contributed by atoms with van der Waals surface area (Å²) in [6.07, 6.45) is 1.17. The van der Waals surface area contributed by atoms with Crippen LogP contribution in [0, 0.1) is 18.8 Å². The van der Waals surface area contributed by atoms with Gasteiger partial charge in [0.2, 0.25) is 0 Å². The first-order valence-corrected chi connectivity index (χ1v) is 10.9. The zero-order chi connectivity index (χ0) is 22.7. The minimum atomic E-state index is -0.199. The number of nitrogens with zero attached hydrogens (tertiary/aromatic N) is 3. The van der Waals surface area contributed by atoms with E-state index in [1.165, 1.54) is 17.7 Å². The van der Waals surface area contributed by atoms with Crippen molar-refractivity contribution in [2.24, 2.45) is 0 Å². The Bertz CT molecular complexity index is 1130. The van der Waals surface area contributed by atoms with Crippen LogP contribution < -0.4 is 9.80 Å². The van der Waals surface area contributed by atoms with Gasteiger partial charge in [-0.2, -0.15) is 0 Å². The van der Waals surface area contributed by atoms with Crippen LogP contribution in [0.3, 0.4) is 0 Å². The number of anilines is 2. The van der Waals surface area contributed by atoms with Crippen LogP contribution in [0.5, 0.6) is 0 Å². The van der Waals surface area contributed by atoms with E-state index in [4.69, 9.17) is 4.42 Å². The Morgan fingerprint density at radius 3 is 2.34 bits per heavy atom. The molecule has 3 aromatic rings. The average Bonchev–Trinajstić information content (AvgIpc) is 3.48. The number of hydrogen-bond acceptors (Lipinski definition) is 4. The third-order valence-corrected chi connectivity index (χ3v) is 6.00. The highest BCUT2D eigenvalue weighted by molar-refractivity contribution is 6.04. The number of amides is 1. The molecule has 1 atom stereocenters. The van der Waals surface area contributed by atoms with Crippen molar-refractivity contribution in [3.05, 3.63) is 83.3 Å². The average molecular weight is 428 g/mol. The maximum atomic E-state index is 12.9. The van der Waals surface area contributed by atoms with Gasteiger partial charge in [0.15, 0.2) is 11.5 Å². The molecule has 0 N–H and O–H groups in total. The van der Waals surface area contributed by atoms with Crippen molar-refractivity contribution in [2.75, 3.05) is 44.0 Å². The molecule has 2 aromatic carbocycles. The van der Waals surface area contributed by atoms with Gasteiger partial charge in [0, 0.05) is 43.1 Å². The molecule has 1 fully saturated rings. The number of likely N-dealkylation sites (N-methyl/N-ethyl adjacent to an activating group) is 1. The fourth-order valence-electron chi connectivity index (χ4n) is 3.86. The first-order chi connectivity index (χ1) is 15.4. The summed E-state index contributed by atoms with van der Waals surface area (Å²) in [5, 5.41) is 0. The van der Waals surface area contributed by atoms with Gasteiger partial charge in [-0.15, -0.1) is 0 Å². The van der Waals surface area contributed by atoms with Crippen LogP contribution in [-0.4, -0.2) is 51.1 Å². The molecule has 0 bridgehead atoms. The summed E-state index contributed by atoms with van der Waals surface area (Å²) in [5.41, 5.74) is 4.11. The quantitative estimate of drug-likeness (QED) is 0.579. The molecule has 2 heterocycles. The van der Waals surface area contributed by atoms with Crippen LogP contribution in [0.15, 0.2) is 65.1 Å². The van der Waals surface area contributed by atoms with Crippen molar-refractivity contribution in [2.45, 2.75) is 19.4 Å². The minimum Gasteiger partial charge on any atom is -0.443 e. The number of aryl methyl sites for hydroxylation is 1. The topological polar surface area (TPSA) is 39.9 Å². The van der Waals surface area contributed by atoms with Crippen LogP contribution in [0.4, 0.5) is 11.4 Å². The molecular weight excluding hydrogens is 398 g/mol. The van der Waals surface area contributed by atoms with E-state index in [1.807, 2.05) is 43.3 Å². The lowest BCUT2D eigenvalue weighted by Crippen LogP contribution is -2.31. The van der Waals surface area contributed by atoms with Gasteiger partial charge in [-0.05, 0) is 81.9 Å². The van der Waals surface area contributed by atoms with Gasteiger partial charge < -0.3 is 19.1 Å². The van der Waals surface area contributed by atoms with E-state index < -0.39 is 0 Å². The van der Waals surface area contributed by atoms with Crippen molar-refractivity contribution in [1.82, 2.24) is 4.90 Å². The van der Waals surface area contributed by atoms with E-state index in [-0.39, 0.29) is 11.7 Å². The summed E-state index contributed by atoms with van der Waals surface area (Å²) in [6, 6.07) is 20.1. The minimum absolute atomic E-state index is 0.199. The molecule has 1 aliphatic rings. The molecule has 4 rings (SSSR count). The Hall–Kier alpha value is -3.49. The number of carbonyl (C=O) groups excluding carboxylic acids is 1. The van der Waals surface area contributed by atoms with Crippen molar-refractivity contribution < 1.29 is 9.21 Å². The molecule has 5 heteroatoms. The van der Waals surface area contributed by atoms with Crippen LogP contribution >= 0.6 is 0 Å². The largest absolute Gasteiger partial charge is 0.443 e. The Morgan fingerprint density at radius 2 is 1.69 bits per heavy atom. The molecule has 0 radical (unpaired) electrons. The van der Waals surface area contributed by atoms with Crippen molar-refractivity contribution in [3.8, 4) is 11.8 Å². The van der Waals surface area contributed by atoms with E-state index in [2.05, 4.69) is 47.9 Å². The SMILES string of the molecule is Cc1ccc(C#Cc2ccc(C(=O)N(C)c3ccc(N4CCC(N(C)C)C4)cc3)o2)cc1. The zero-order valence-electron chi connectivity index (χ0n) is 19.1. The molecular formula is C27H29N3O2. The van der Waals surface area contributed by atoms with Crippen LogP contribution in [-0.2, 0) is 0 Å². The van der Waals surface area contributed by atoms with Crippen LogP contribution in [0.2, 0.25) is 0 Å². The Balaban J connectivity index is 1.41. The molecule has 1 amide bonds. The van der Waals surface area contributed by atoms with E-state index in [1.54, 1.807) is 24.1 Å². The second-order valence-electron chi connectivity index (χ2n) is 8.51. The summed E-state index contributed by atoms with van der Waals surface area (Å²) >= 11 is 0. The molecule has 0 saturated carbocycles. The number of furan rings is 1. The third kappa shape index (κ3) is 4.87. The second-order valence-corrected chi connectivity index (χ2v) is 8.51. The molecule has 1 aliphatic heterocycles. The standard InChI is InChI=1S/C27H29N3O2/c1-20-5-7-21(8-6-20)9-14-25-15-16-26(32-25)27(31)29(4)22-10-12-23(13-11-22)30-18-17-24(19-30)28(2)3/h5-8,10-13,15-16,24H,17-19H2,1-4H3. The Kier molecular flexibility index (Phi) is 6.34. The monoisotopic (exact) mass is 427 g/mol. The number of carbonyl (C=O) groups is 1. The molecule has 164 valence electrons. The Morgan fingerprint density at radius 1 is 0.969 bits per heavy atom. The van der Waals surface area contributed by atoms with Crippen LogP contribution in [0.25, 0.3) is 0 Å². The first kappa shape index (κ1) is 21.7. The maximum Gasteiger partial charge on any atom is 0.293 e. The van der Waals surface area contributed by atoms with E-state index in [0.717, 1.165) is 24.3 Å². The lowest BCUT2D eigenvalue weighted by atomic mass is 10.1. The van der Waals surface area contributed by atoms with Gasteiger partial charge in [-0.3, -0.25) is 4.79 Å². The maximum absolute atomic E-state index is 12.9. The Labute approximate surface area is 190 Å². The molecule has 1 aromatic heterocycles. The van der Waals surface area contributed by atoms with Crippen molar-refractivity contribution in [1.29, 1.82) is 0 Å². The second kappa shape index (κ2) is 9.33. The summed E-state index contributed by atoms with van der Waals surface area (Å²) in [6.45, 7) is 4.12. The fourth-order valence-corrected chi connectivity index (χ4v) is 3.86. The highest BCUT2D eigenvalue weighted by Gasteiger charge is 2.24. The molecule has 0 aliphatic carbocycles. The molecule has 0 spiro atoms. The molecule has 1 unspecified atom stereocenters. The number of benzene rings is 2. The van der Waals surface area contributed by atoms with Gasteiger partial charge in [-0.1, -0.05) is 23.6 Å². The lowest BCUT2D eigenvalue weighted by molar-refractivity contribution is 0.0966. The number of hydrogen-bond donors (Lipinski definition) is 0. The molecule has 5 nitrogen and oxygen atoms in total. The predicted octanol–water partition coefficient (Wildman–Crippen LogP) is 4.40. The van der Waals surface area contributed by atoms with Gasteiger partial charge in [0.05, 0.1) is 0 Å². The fraction of sp³-hybridized carbons (Fsp3) is 0.296. The highest BCUT2D eigenvalue weighted by Crippen LogP contribution is 2.25. The van der Waals surface area contributed by atoms with Crippen molar-refractivity contribution in [3.63, 3.8) is 0 Å². The summed E-state index contributed by atoms with van der Waals surface area (Å²) < 4.78 is 5.70. The molecule has 32 heavy (non-hydrogen) atoms. The van der Waals surface area contributed by atoms with Gasteiger partial charge in [0.1, 0.15) is 0 Å². The van der Waals surface area contributed by atoms with Crippen LogP contribution in [0.1, 0.15) is 33.9 Å². The summed E-state index contributed by atoms with van der Waals surface area (Å²) in [7, 11) is 6.02.